The lowest BCUT2D eigenvalue weighted by atomic mass is 10.1. The van der Waals surface area contributed by atoms with Gasteiger partial charge in [-0.2, -0.15) is 22.5 Å². The number of hydrogen-bond acceptors (Lipinski definition) is 6. The van der Waals surface area contributed by atoms with E-state index in [0.717, 1.165) is 0 Å². The standard InChI is InChI=1S/C17H14F3N3O3S/c1-25-14-10-11(23-27(2,24)12-6-4-3-5-7-12)8-9-13(14)15-21-16(26-22-15)17(18,19)20/h3-10H,1-2H3. The molecule has 0 aliphatic rings. The highest BCUT2D eigenvalue weighted by molar-refractivity contribution is 7.93. The molecule has 0 aliphatic carbocycles. The molecule has 0 amide bonds. The van der Waals surface area contributed by atoms with Crippen LogP contribution in [-0.4, -0.2) is 27.7 Å². The van der Waals surface area contributed by atoms with Gasteiger partial charge in [-0.1, -0.05) is 23.4 Å². The van der Waals surface area contributed by atoms with E-state index < -0.39 is 21.8 Å². The van der Waals surface area contributed by atoms with Crippen molar-refractivity contribution < 1.29 is 26.6 Å². The SMILES string of the molecule is COc1cc(N=S(C)(=O)c2ccccc2)ccc1-c1noc(C(F)(F)F)n1. The maximum atomic E-state index is 12.9. The molecule has 3 rings (SSSR count). The number of benzene rings is 2. The Kier molecular flexibility index (Phi) is 4.92. The molecule has 3 aromatic rings. The first-order valence-corrected chi connectivity index (χ1v) is 9.49. The Morgan fingerprint density at radius 2 is 1.85 bits per heavy atom. The summed E-state index contributed by atoms with van der Waals surface area (Å²) in [5.41, 5.74) is 0.532. The molecule has 2 aromatic carbocycles. The van der Waals surface area contributed by atoms with Crippen LogP contribution in [0.2, 0.25) is 0 Å². The van der Waals surface area contributed by atoms with Crippen LogP contribution in [0.25, 0.3) is 11.4 Å². The molecular formula is C17H14F3N3O3S. The molecule has 1 unspecified atom stereocenters. The van der Waals surface area contributed by atoms with Crippen molar-refractivity contribution in [1.82, 2.24) is 10.1 Å². The molecule has 1 heterocycles. The average Bonchev–Trinajstić information content (AvgIpc) is 3.12. The predicted molar refractivity (Wildman–Crippen MR) is 92.2 cm³/mol. The van der Waals surface area contributed by atoms with Crippen LogP contribution in [0.3, 0.4) is 0 Å². The highest BCUT2D eigenvalue weighted by Gasteiger charge is 2.38. The molecule has 0 bridgehead atoms. The molecule has 10 heteroatoms. The van der Waals surface area contributed by atoms with Crippen molar-refractivity contribution >= 4 is 15.4 Å². The molecule has 0 radical (unpaired) electrons. The van der Waals surface area contributed by atoms with E-state index in [4.69, 9.17) is 4.74 Å². The fourth-order valence-corrected chi connectivity index (χ4v) is 3.58. The second kappa shape index (κ2) is 7.03. The minimum Gasteiger partial charge on any atom is -0.496 e. The third kappa shape index (κ3) is 4.11. The van der Waals surface area contributed by atoms with Gasteiger partial charge in [0.1, 0.15) is 5.75 Å². The van der Waals surface area contributed by atoms with Gasteiger partial charge in [0.15, 0.2) is 0 Å². The summed E-state index contributed by atoms with van der Waals surface area (Å²) in [5.74, 6) is -1.55. The molecule has 0 aliphatic heterocycles. The zero-order valence-corrected chi connectivity index (χ0v) is 15.0. The number of methoxy groups -OCH3 is 1. The molecule has 142 valence electrons. The summed E-state index contributed by atoms with van der Waals surface area (Å²) in [4.78, 5) is 3.90. The van der Waals surface area contributed by atoms with Crippen LogP contribution in [0.1, 0.15) is 5.89 Å². The number of aromatic nitrogens is 2. The van der Waals surface area contributed by atoms with Crippen LogP contribution in [0.4, 0.5) is 18.9 Å². The molecule has 6 nitrogen and oxygen atoms in total. The summed E-state index contributed by atoms with van der Waals surface area (Å²) >= 11 is 0. The molecule has 0 fully saturated rings. The highest BCUT2D eigenvalue weighted by Crippen LogP contribution is 2.35. The van der Waals surface area contributed by atoms with Crippen molar-refractivity contribution in [3.63, 3.8) is 0 Å². The lowest BCUT2D eigenvalue weighted by Crippen LogP contribution is -2.04. The number of ether oxygens (including phenoxy) is 1. The van der Waals surface area contributed by atoms with Crippen LogP contribution in [0, 0.1) is 0 Å². The van der Waals surface area contributed by atoms with Crippen LogP contribution < -0.4 is 4.74 Å². The normalized spacial score (nSPS) is 13.8. The quantitative estimate of drug-likeness (QED) is 0.645. The van der Waals surface area contributed by atoms with Crippen molar-refractivity contribution in [1.29, 1.82) is 0 Å². The number of halogens is 3. The molecule has 0 saturated heterocycles. The monoisotopic (exact) mass is 397 g/mol. The molecule has 0 saturated carbocycles. The van der Waals surface area contributed by atoms with E-state index in [0.29, 0.717) is 10.6 Å². The molecular weight excluding hydrogens is 383 g/mol. The minimum atomic E-state index is -4.74. The van der Waals surface area contributed by atoms with Gasteiger partial charge in [-0.3, -0.25) is 0 Å². The number of hydrogen-bond donors (Lipinski definition) is 0. The van der Waals surface area contributed by atoms with E-state index in [1.807, 2.05) is 0 Å². The molecule has 27 heavy (non-hydrogen) atoms. The van der Waals surface area contributed by atoms with Crippen LogP contribution in [0.15, 0.2) is 62.3 Å². The van der Waals surface area contributed by atoms with E-state index in [9.17, 15) is 17.4 Å². The fourth-order valence-electron chi connectivity index (χ4n) is 2.30. The van der Waals surface area contributed by atoms with Gasteiger partial charge in [0.05, 0.1) is 28.1 Å². The first kappa shape index (κ1) is 18.9. The van der Waals surface area contributed by atoms with Gasteiger partial charge in [-0.05, 0) is 24.3 Å². The summed E-state index contributed by atoms with van der Waals surface area (Å²) in [6, 6.07) is 13.1. The summed E-state index contributed by atoms with van der Waals surface area (Å²) in [6.07, 6.45) is -3.24. The Morgan fingerprint density at radius 3 is 2.44 bits per heavy atom. The van der Waals surface area contributed by atoms with Gasteiger partial charge in [0, 0.05) is 17.2 Å². The summed E-state index contributed by atoms with van der Waals surface area (Å²) in [5, 5.41) is 3.34. The Bertz CT molecular complexity index is 1070. The average molecular weight is 397 g/mol. The third-order valence-electron chi connectivity index (χ3n) is 3.55. The second-order valence-corrected chi connectivity index (χ2v) is 7.77. The highest BCUT2D eigenvalue weighted by atomic mass is 32.2. The van der Waals surface area contributed by atoms with E-state index in [1.165, 1.54) is 31.6 Å². The van der Waals surface area contributed by atoms with Gasteiger partial charge >= 0.3 is 12.1 Å². The summed E-state index contributed by atoms with van der Waals surface area (Å²) < 4.78 is 64.5. The maximum absolute atomic E-state index is 12.9. The second-order valence-electron chi connectivity index (χ2n) is 5.51. The minimum absolute atomic E-state index is 0.175. The third-order valence-corrected chi connectivity index (χ3v) is 5.26. The van der Waals surface area contributed by atoms with Gasteiger partial charge in [0.25, 0.3) is 0 Å². The largest absolute Gasteiger partial charge is 0.496 e. The van der Waals surface area contributed by atoms with E-state index >= 15 is 0 Å². The maximum Gasteiger partial charge on any atom is 0.471 e. The Hall–Kier alpha value is -2.88. The Labute approximate surface area is 153 Å². The topological polar surface area (TPSA) is 77.6 Å². The van der Waals surface area contributed by atoms with Crippen molar-refractivity contribution in [2.24, 2.45) is 4.36 Å². The first-order valence-electron chi connectivity index (χ1n) is 7.57. The van der Waals surface area contributed by atoms with Crippen molar-refractivity contribution in [2.75, 3.05) is 13.4 Å². The lowest BCUT2D eigenvalue weighted by molar-refractivity contribution is -0.159. The smallest absolute Gasteiger partial charge is 0.471 e. The predicted octanol–water partition coefficient (Wildman–Crippen LogP) is 4.55. The summed E-state index contributed by atoms with van der Waals surface area (Å²) in [6.45, 7) is 0. The number of alkyl halides is 3. The van der Waals surface area contributed by atoms with Crippen LogP contribution in [0.5, 0.6) is 5.75 Å². The van der Waals surface area contributed by atoms with Gasteiger partial charge < -0.3 is 9.26 Å². The Balaban J connectivity index is 2.02. The van der Waals surface area contributed by atoms with Crippen LogP contribution in [-0.2, 0) is 15.9 Å². The molecule has 1 aromatic heterocycles. The van der Waals surface area contributed by atoms with Gasteiger partial charge in [-0.15, -0.1) is 0 Å². The first-order chi connectivity index (χ1) is 12.7. The van der Waals surface area contributed by atoms with Crippen molar-refractivity contribution in [3.8, 4) is 17.1 Å². The lowest BCUT2D eigenvalue weighted by Gasteiger charge is -2.08. The van der Waals surface area contributed by atoms with Gasteiger partial charge in [-0.25, -0.2) is 4.21 Å². The van der Waals surface area contributed by atoms with Crippen molar-refractivity contribution in [2.45, 2.75) is 11.1 Å². The van der Waals surface area contributed by atoms with E-state index in [2.05, 4.69) is 19.0 Å². The number of rotatable bonds is 4. The summed E-state index contributed by atoms with van der Waals surface area (Å²) in [7, 11) is -1.37. The van der Waals surface area contributed by atoms with E-state index in [1.54, 1.807) is 30.3 Å². The fraction of sp³-hybridized carbons (Fsp3) is 0.176. The molecule has 0 N–H and O–H groups in total. The van der Waals surface area contributed by atoms with Gasteiger partial charge in [0.2, 0.25) is 5.82 Å². The zero-order valence-electron chi connectivity index (χ0n) is 14.2. The number of nitrogens with zero attached hydrogens (tertiary/aromatic N) is 3. The molecule has 0 spiro atoms. The molecule has 1 atom stereocenters. The zero-order chi connectivity index (χ0) is 19.7. The Morgan fingerprint density at radius 1 is 1.15 bits per heavy atom. The van der Waals surface area contributed by atoms with Crippen molar-refractivity contribution in [3.05, 3.63) is 54.4 Å². The van der Waals surface area contributed by atoms with E-state index in [-0.39, 0.29) is 17.1 Å². The van der Waals surface area contributed by atoms with Crippen LogP contribution >= 0.6 is 0 Å².